The second-order valence-corrected chi connectivity index (χ2v) is 6.54. The van der Waals surface area contributed by atoms with E-state index >= 15 is 0 Å². The Morgan fingerprint density at radius 2 is 1.89 bits per heavy atom. The van der Waals surface area contributed by atoms with Gasteiger partial charge in [-0.05, 0) is 37.3 Å². The van der Waals surface area contributed by atoms with E-state index in [2.05, 4.69) is 22.4 Å². The monoisotopic (exact) mass is 380 g/mol. The zero-order valence-electron chi connectivity index (χ0n) is 16.4. The highest BCUT2D eigenvalue weighted by molar-refractivity contribution is 6.43. The Morgan fingerprint density at radius 3 is 2.68 bits per heavy atom. The molecule has 1 aliphatic carbocycles. The number of methoxy groups -OCH3 is 1. The molecule has 0 unspecified atom stereocenters. The lowest BCUT2D eigenvalue weighted by atomic mass is 9.90. The summed E-state index contributed by atoms with van der Waals surface area (Å²) in [4.78, 5) is 22.7. The van der Waals surface area contributed by atoms with Crippen molar-refractivity contribution in [3.8, 4) is 0 Å². The van der Waals surface area contributed by atoms with Crippen molar-refractivity contribution in [3.05, 3.63) is 70.3 Å². The molecule has 2 aromatic rings. The summed E-state index contributed by atoms with van der Waals surface area (Å²) >= 11 is 0. The van der Waals surface area contributed by atoms with Crippen LogP contribution in [0.25, 0.3) is 0 Å². The molecule has 3 rings (SSSR count). The maximum atomic E-state index is 12.1. The van der Waals surface area contributed by atoms with E-state index < -0.39 is 5.97 Å². The van der Waals surface area contributed by atoms with Gasteiger partial charge in [0.05, 0.1) is 12.8 Å². The number of carbonyl (C=O) groups excluding carboxylic acids is 1. The van der Waals surface area contributed by atoms with Gasteiger partial charge in [-0.2, -0.15) is 0 Å². The molecule has 0 aromatic heterocycles. The molecule has 6 nitrogen and oxygen atoms in total. The summed E-state index contributed by atoms with van der Waals surface area (Å²) in [6.07, 6.45) is 3.01. The number of hydrogen-bond donors (Lipinski definition) is 0. The van der Waals surface area contributed by atoms with Crippen molar-refractivity contribution < 1.29 is 19.2 Å². The molecule has 0 aliphatic heterocycles. The first-order chi connectivity index (χ1) is 13.7. The molecule has 0 saturated heterocycles. The maximum absolute atomic E-state index is 12.1. The molecular weight excluding hydrogens is 356 g/mol. The van der Waals surface area contributed by atoms with E-state index in [1.165, 1.54) is 19.8 Å². The topological polar surface area (TPSA) is 69.5 Å². The predicted molar refractivity (Wildman–Crippen MR) is 107 cm³/mol. The van der Waals surface area contributed by atoms with Crippen molar-refractivity contribution in [3.63, 3.8) is 0 Å². The molecule has 6 heteroatoms. The first kappa shape index (κ1) is 19.6. The van der Waals surface area contributed by atoms with Crippen LogP contribution in [0.1, 0.15) is 40.7 Å². The highest BCUT2D eigenvalue weighted by Crippen LogP contribution is 2.22. The van der Waals surface area contributed by atoms with E-state index in [1.54, 1.807) is 6.07 Å². The van der Waals surface area contributed by atoms with Crippen molar-refractivity contribution in [1.29, 1.82) is 0 Å². The summed E-state index contributed by atoms with van der Waals surface area (Å²) in [5, 5.41) is 8.25. The molecule has 28 heavy (non-hydrogen) atoms. The van der Waals surface area contributed by atoms with Crippen LogP contribution in [0.2, 0.25) is 0 Å². The van der Waals surface area contributed by atoms with Crippen molar-refractivity contribution in [2.45, 2.75) is 32.8 Å². The maximum Gasteiger partial charge on any atom is 0.360 e. The fraction of sp³-hybridized carbons (Fsp3) is 0.318. The average Bonchev–Trinajstić information content (AvgIpc) is 2.73. The molecule has 0 heterocycles. The van der Waals surface area contributed by atoms with Crippen molar-refractivity contribution >= 4 is 17.4 Å². The van der Waals surface area contributed by atoms with Crippen molar-refractivity contribution in [1.82, 2.24) is 0 Å². The first-order valence-electron chi connectivity index (χ1n) is 9.21. The number of nitrogens with zero attached hydrogens (tertiary/aromatic N) is 2. The van der Waals surface area contributed by atoms with Gasteiger partial charge in [0, 0.05) is 16.7 Å². The lowest BCUT2D eigenvalue weighted by molar-refractivity contribution is -0.132. The highest BCUT2D eigenvalue weighted by Gasteiger charge is 2.21. The Kier molecular flexibility index (Phi) is 6.42. The molecule has 0 N–H and O–H groups in total. The summed E-state index contributed by atoms with van der Waals surface area (Å²) in [5.41, 5.74) is 5.89. The quantitative estimate of drug-likeness (QED) is 0.434. The largest absolute Gasteiger partial charge is 0.464 e. The van der Waals surface area contributed by atoms with Crippen LogP contribution < -0.4 is 0 Å². The Morgan fingerprint density at radius 1 is 1.07 bits per heavy atom. The normalized spacial score (nSPS) is 15.1. The Bertz CT molecular complexity index is 919. The molecule has 0 saturated carbocycles. The number of oxime groups is 2. The Hall–Kier alpha value is -3.15. The number of carbonyl (C=O) groups is 1. The van der Waals surface area contributed by atoms with Crippen LogP contribution in [-0.2, 0) is 32.2 Å². The summed E-state index contributed by atoms with van der Waals surface area (Å²) in [7, 11) is 2.70. The van der Waals surface area contributed by atoms with Crippen molar-refractivity contribution in [2.24, 2.45) is 10.3 Å². The zero-order valence-corrected chi connectivity index (χ0v) is 16.4. The smallest absolute Gasteiger partial charge is 0.360 e. The minimum Gasteiger partial charge on any atom is -0.464 e. The van der Waals surface area contributed by atoms with E-state index in [-0.39, 0.29) is 12.3 Å². The summed E-state index contributed by atoms with van der Waals surface area (Å²) in [6.45, 7) is 2.17. The minimum atomic E-state index is -0.568. The molecule has 0 amide bonds. The van der Waals surface area contributed by atoms with E-state index in [4.69, 9.17) is 14.4 Å². The molecule has 0 fully saturated rings. The van der Waals surface area contributed by atoms with Crippen molar-refractivity contribution in [2.75, 3.05) is 14.2 Å². The Labute approximate surface area is 164 Å². The van der Waals surface area contributed by atoms with Gasteiger partial charge in [-0.3, -0.25) is 0 Å². The highest BCUT2D eigenvalue weighted by atomic mass is 16.6. The molecule has 2 aromatic carbocycles. The average molecular weight is 380 g/mol. The molecule has 0 radical (unpaired) electrons. The summed E-state index contributed by atoms with van der Waals surface area (Å²) in [5.74, 6) is -0.568. The van der Waals surface area contributed by atoms with Crippen LogP contribution in [0, 0.1) is 6.92 Å². The number of ether oxygens (including phenoxy) is 1. The molecule has 1 aliphatic rings. The number of hydrogen-bond acceptors (Lipinski definition) is 6. The number of aryl methyl sites for hydroxylation is 2. The third kappa shape index (κ3) is 4.22. The van der Waals surface area contributed by atoms with Crippen LogP contribution in [0.5, 0.6) is 0 Å². The van der Waals surface area contributed by atoms with Crippen LogP contribution in [0.4, 0.5) is 0 Å². The van der Waals surface area contributed by atoms with Crippen LogP contribution in [0.3, 0.4) is 0 Å². The third-order valence-corrected chi connectivity index (χ3v) is 4.80. The van der Waals surface area contributed by atoms with Gasteiger partial charge in [-0.1, -0.05) is 52.8 Å². The standard InChI is InChI=1S/C22H24N2O4/c1-15-8-6-12-18(21(24-27-3)22(25)26-2)19(15)14-28-23-20-13-7-10-16-9-4-5-11-17(16)20/h4-6,8-9,11-12H,7,10,13-14H2,1-3H3/b23-20+,24-21+. The van der Waals surface area contributed by atoms with E-state index in [1.807, 2.05) is 31.2 Å². The Balaban J connectivity index is 1.86. The summed E-state index contributed by atoms with van der Waals surface area (Å²) in [6, 6.07) is 13.9. The molecule has 0 bridgehead atoms. The van der Waals surface area contributed by atoms with Crippen LogP contribution in [0.15, 0.2) is 52.8 Å². The third-order valence-electron chi connectivity index (χ3n) is 4.80. The van der Waals surface area contributed by atoms with E-state index in [9.17, 15) is 4.79 Å². The predicted octanol–water partition coefficient (Wildman–Crippen LogP) is 3.78. The first-order valence-corrected chi connectivity index (χ1v) is 9.21. The molecule has 0 atom stereocenters. The lowest BCUT2D eigenvalue weighted by Crippen LogP contribution is -2.20. The van der Waals surface area contributed by atoms with Gasteiger partial charge >= 0.3 is 5.97 Å². The van der Waals surface area contributed by atoms with Gasteiger partial charge in [0.15, 0.2) is 5.71 Å². The number of rotatable bonds is 6. The SMILES string of the molecule is CO/N=C(/C(=O)OC)c1cccc(C)c1CO/N=C1\CCCc2ccccc21. The summed E-state index contributed by atoms with van der Waals surface area (Å²) < 4.78 is 4.83. The van der Waals surface area contributed by atoms with Gasteiger partial charge < -0.3 is 14.4 Å². The second-order valence-electron chi connectivity index (χ2n) is 6.54. The lowest BCUT2D eigenvalue weighted by Gasteiger charge is -2.17. The number of benzene rings is 2. The second kappa shape index (κ2) is 9.17. The van der Waals surface area contributed by atoms with Gasteiger partial charge in [-0.15, -0.1) is 0 Å². The fourth-order valence-electron chi connectivity index (χ4n) is 3.37. The minimum absolute atomic E-state index is 0.1000. The molecule has 146 valence electrons. The van der Waals surface area contributed by atoms with Gasteiger partial charge in [0.2, 0.25) is 0 Å². The van der Waals surface area contributed by atoms with Gasteiger partial charge in [-0.25, -0.2) is 4.79 Å². The zero-order chi connectivity index (χ0) is 19.9. The molecule has 0 spiro atoms. The van der Waals surface area contributed by atoms with Gasteiger partial charge in [0.1, 0.15) is 13.7 Å². The van der Waals surface area contributed by atoms with Crippen LogP contribution in [-0.4, -0.2) is 31.6 Å². The van der Waals surface area contributed by atoms with Crippen LogP contribution >= 0.6 is 0 Å². The van der Waals surface area contributed by atoms with E-state index in [0.717, 1.165) is 41.7 Å². The number of fused-ring (bicyclic) bond motifs is 1. The molecular formula is C22H24N2O4. The van der Waals surface area contributed by atoms with Gasteiger partial charge in [0.25, 0.3) is 0 Å². The fourth-order valence-corrected chi connectivity index (χ4v) is 3.37. The number of esters is 1. The van der Waals surface area contributed by atoms with E-state index in [0.29, 0.717) is 5.56 Å².